The molecule has 1 unspecified atom stereocenters. The zero-order valence-electron chi connectivity index (χ0n) is 28.6. The highest BCUT2D eigenvalue weighted by Gasteiger charge is 2.33. The van der Waals surface area contributed by atoms with Crippen LogP contribution in [0.5, 0.6) is 5.75 Å². The number of nitrogen functional groups attached to an aromatic ring is 1. The predicted octanol–water partition coefficient (Wildman–Crippen LogP) is 5.75. The summed E-state index contributed by atoms with van der Waals surface area (Å²) in [7, 11) is 1.37. The second-order valence-electron chi connectivity index (χ2n) is 12.0. The first kappa shape index (κ1) is 34.5. The fourth-order valence-electron chi connectivity index (χ4n) is 6.00. The van der Waals surface area contributed by atoms with Crippen molar-refractivity contribution in [2.75, 3.05) is 18.2 Å². The molecule has 0 radical (unpaired) electrons. The summed E-state index contributed by atoms with van der Waals surface area (Å²) in [5.74, 6) is 0.282. The lowest BCUT2D eigenvalue weighted by atomic mass is 10.1. The van der Waals surface area contributed by atoms with Crippen LogP contribution in [0.4, 0.5) is 30.6 Å². The number of hydrogen-bond acceptors (Lipinski definition) is 11. The Bertz CT molecular complexity index is 2570. The number of nitrogens with one attached hydrogen (secondary N) is 2. The van der Waals surface area contributed by atoms with E-state index in [1.807, 2.05) is 37.3 Å². The molecule has 0 spiro atoms. The number of methoxy groups -OCH3 is 1. The van der Waals surface area contributed by atoms with Gasteiger partial charge in [0.05, 0.1) is 29.2 Å². The van der Waals surface area contributed by atoms with E-state index in [-0.39, 0.29) is 17.4 Å². The normalized spacial score (nSPS) is 15.3. The number of halogens is 3. The van der Waals surface area contributed by atoms with E-state index < -0.39 is 17.4 Å². The fourth-order valence-corrected chi connectivity index (χ4v) is 6.00. The zero-order chi connectivity index (χ0) is 37.4. The Kier molecular flexibility index (Phi) is 8.89. The Hall–Kier alpha value is -6.94. The van der Waals surface area contributed by atoms with Crippen LogP contribution in [0.1, 0.15) is 17.2 Å². The summed E-state index contributed by atoms with van der Waals surface area (Å²) in [5.41, 5.74) is 22.0. The standard InChI is InChI=1S/C19H18F2N6O.C18H15FN6/c1-10-24-14-5-4-12(20)8-15(14)27(10)18-9-17(22)25-19(23,26-18)11-3-6-16(28-2)13(21)7-11;1-11-21-14-8-7-12(19)9-15(14)25(11)17-10-16(20)23-18(24-17)22-13-5-3-2-4-6-13/h3-9,26H,23H2,1-2H3,(H2,22,25);2-10H,1H3,(H3,20,22,23,24). The molecule has 16 heteroatoms. The van der Waals surface area contributed by atoms with Gasteiger partial charge in [-0.2, -0.15) is 9.97 Å². The van der Waals surface area contributed by atoms with E-state index in [9.17, 15) is 13.2 Å². The molecule has 0 fully saturated rings. The van der Waals surface area contributed by atoms with Crippen LogP contribution in [0.2, 0.25) is 0 Å². The van der Waals surface area contributed by atoms with Gasteiger partial charge in [-0.05, 0) is 68.4 Å². The zero-order valence-corrected chi connectivity index (χ0v) is 28.6. The van der Waals surface area contributed by atoms with Gasteiger partial charge in [0, 0.05) is 35.5 Å². The van der Waals surface area contributed by atoms with Crippen molar-refractivity contribution in [2.45, 2.75) is 19.6 Å². The highest BCUT2D eigenvalue weighted by Crippen LogP contribution is 2.30. The molecule has 1 aliphatic rings. The molecule has 268 valence electrons. The number of anilines is 3. The molecule has 0 aliphatic carbocycles. The number of para-hydroxylation sites is 1. The second kappa shape index (κ2) is 13.6. The number of benzene rings is 4. The van der Waals surface area contributed by atoms with Crippen LogP contribution in [0.3, 0.4) is 0 Å². The number of ether oxygens (including phenoxy) is 1. The number of amidine groups is 1. The lowest BCUT2D eigenvalue weighted by Gasteiger charge is -2.33. The SMILES string of the molecule is COc1ccc(C2(N)N=C(N)C=C(n3c(C)nc4ccc(F)cc43)N2)cc1F.Cc1nc2ccc(F)cc2n1-c1cc(N)nc(Nc2ccccc2)n1. The van der Waals surface area contributed by atoms with Crippen LogP contribution in [0.15, 0.2) is 102 Å². The largest absolute Gasteiger partial charge is 0.494 e. The lowest BCUT2D eigenvalue weighted by molar-refractivity contribution is 0.378. The monoisotopic (exact) mass is 718 g/mol. The Morgan fingerprint density at radius 2 is 1.40 bits per heavy atom. The summed E-state index contributed by atoms with van der Waals surface area (Å²) in [6, 6.07) is 24.2. The minimum absolute atomic E-state index is 0.0859. The first-order valence-corrected chi connectivity index (χ1v) is 16.2. The molecule has 8 rings (SSSR count). The summed E-state index contributed by atoms with van der Waals surface area (Å²) in [5, 5.41) is 6.18. The van der Waals surface area contributed by atoms with Crippen molar-refractivity contribution >= 4 is 51.2 Å². The molecular weight excluding hydrogens is 685 g/mol. The molecule has 0 saturated heterocycles. The molecule has 0 saturated carbocycles. The average molecular weight is 719 g/mol. The van der Waals surface area contributed by atoms with E-state index in [2.05, 4.69) is 35.6 Å². The summed E-state index contributed by atoms with van der Waals surface area (Å²) in [6.07, 6.45) is 1.56. The molecule has 7 aromatic rings. The van der Waals surface area contributed by atoms with E-state index in [1.165, 1.54) is 43.5 Å². The van der Waals surface area contributed by atoms with Crippen LogP contribution in [-0.2, 0) is 5.79 Å². The van der Waals surface area contributed by atoms with Crippen molar-refractivity contribution in [3.05, 3.63) is 132 Å². The number of nitrogens with zero attached hydrogens (tertiary/aromatic N) is 7. The molecule has 0 amide bonds. The molecular formula is C37H33F3N12O. The molecule has 8 N–H and O–H groups in total. The molecule has 13 nitrogen and oxygen atoms in total. The van der Waals surface area contributed by atoms with Gasteiger partial charge in [-0.25, -0.2) is 28.1 Å². The number of fused-ring (bicyclic) bond motifs is 2. The smallest absolute Gasteiger partial charge is 0.231 e. The van der Waals surface area contributed by atoms with E-state index in [0.717, 1.165) is 5.69 Å². The molecule has 4 aromatic carbocycles. The highest BCUT2D eigenvalue weighted by atomic mass is 19.1. The van der Waals surface area contributed by atoms with Crippen LogP contribution in [0, 0.1) is 31.3 Å². The van der Waals surface area contributed by atoms with Gasteiger partial charge < -0.3 is 26.8 Å². The lowest BCUT2D eigenvalue weighted by Crippen LogP contribution is -2.52. The number of aryl methyl sites for hydroxylation is 2. The topological polar surface area (TPSA) is 185 Å². The van der Waals surface area contributed by atoms with Gasteiger partial charge in [0.2, 0.25) is 11.7 Å². The van der Waals surface area contributed by atoms with E-state index in [1.54, 1.807) is 46.4 Å². The molecule has 1 atom stereocenters. The summed E-state index contributed by atoms with van der Waals surface area (Å²) in [6.45, 7) is 3.61. The Morgan fingerprint density at radius 1 is 0.755 bits per heavy atom. The van der Waals surface area contributed by atoms with Crippen molar-refractivity contribution in [3.8, 4) is 11.6 Å². The number of rotatable bonds is 6. The van der Waals surface area contributed by atoms with Gasteiger partial charge in [-0.3, -0.25) is 14.9 Å². The summed E-state index contributed by atoms with van der Waals surface area (Å²) >= 11 is 0. The minimum Gasteiger partial charge on any atom is -0.494 e. The first-order chi connectivity index (χ1) is 25.4. The molecule has 0 bridgehead atoms. The van der Waals surface area contributed by atoms with E-state index in [0.29, 0.717) is 62.7 Å². The van der Waals surface area contributed by atoms with Crippen molar-refractivity contribution < 1.29 is 17.9 Å². The van der Waals surface area contributed by atoms with E-state index in [4.69, 9.17) is 21.9 Å². The maximum Gasteiger partial charge on any atom is 0.231 e. The highest BCUT2D eigenvalue weighted by molar-refractivity contribution is 5.98. The average Bonchev–Trinajstić information content (AvgIpc) is 3.62. The number of nitrogens with two attached hydrogens (primary N) is 3. The fraction of sp³-hybridized carbons (Fsp3) is 0.108. The van der Waals surface area contributed by atoms with Gasteiger partial charge >= 0.3 is 0 Å². The first-order valence-electron chi connectivity index (χ1n) is 16.2. The molecule has 3 aromatic heterocycles. The summed E-state index contributed by atoms with van der Waals surface area (Å²) < 4.78 is 50.1. The third kappa shape index (κ3) is 6.90. The predicted molar refractivity (Wildman–Crippen MR) is 198 cm³/mol. The number of aromatic nitrogens is 6. The number of aliphatic imine (C=N–C) groups is 1. The van der Waals surface area contributed by atoms with Crippen LogP contribution >= 0.6 is 0 Å². The summed E-state index contributed by atoms with van der Waals surface area (Å²) in [4.78, 5) is 21.8. The third-order valence-electron chi connectivity index (χ3n) is 8.30. The Morgan fingerprint density at radius 3 is 2.04 bits per heavy atom. The Balaban J connectivity index is 0.000000165. The third-order valence-corrected chi connectivity index (χ3v) is 8.30. The molecule has 1 aliphatic heterocycles. The van der Waals surface area contributed by atoms with Gasteiger partial charge in [0.25, 0.3) is 0 Å². The maximum absolute atomic E-state index is 14.2. The molecule has 53 heavy (non-hydrogen) atoms. The van der Waals surface area contributed by atoms with Crippen LogP contribution in [0.25, 0.3) is 33.7 Å². The van der Waals surface area contributed by atoms with Crippen molar-refractivity contribution in [2.24, 2.45) is 16.5 Å². The quantitative estimate of drug-likeness (QED) is 0.142. The minimum atomic E-state index is -1.53. The maximum atomic E-state index is 14.2. The molecule has 4 heterocycles. The van der Waals surface area contributed by atoms with Crippen molar-refractivity contribution in [3.63, 3.8) is 0 Å². The van der Waals surface area contributed by atoms with Gasteiger partial charge in [-0.1, -0.05) is 18.2 Å². The number of imidazole rings is 2. The second-order valence-corrected chi connectivity index (χ2v) is 12.0. The number of hydrogen-bond donors (Lipinski definition) is 5. The van der Waals surface area contributed by atoms with Gasteiger partial charge in [-0.15, -0.1) is 0 Å². The Labute approximate surface area is 300 Å². The van der Waals surface area contributed by atoms with E-state index >= 15 is 0 Å². The van der Waals surface area contributed by atoms with Gasteiger partial charge in [0.1, 0.15) is 46.6 Å². The van der Waals surface area contributed by atoms with Gasteiger partial charge in [0.15, 0.2) is 11.6 Å². The van der Waals surface area contributed by atoms with Crippen molar-refractivity contribution in [1.82, 2.24) is 34.4 Å². The van der Waals surface area contributed by atoms with Crippen LogP contribution in [-0.4, -0.2) is 42.0 Å². The van der Waals surface area contributed by atoms with Crippen molar-refractivity contribution in [1.29, 1.82) is 0 Å². The van der Waals surface area contributed by atoms with Crippen LogP contribution < -0.4 is 32.6 Å².